The maximum atomic E-state index is 8.62. The van der Waals surface area contributed by atoms with E-state index in [2.05, 4.69) is 26.0 Å². The van der Waals surface area contributed by atoms with Gasteiger partial charge in [-0.3, -0.25) is 0 Å². The summed E-state index contributed by atoms with van der Waals surface area (Å²) in [6.07, 6.45) is 4.81. The molecule has 2 rings (SSSR count). The molecule has 0 aliphatic carbocycles. The van der Waals surface area contributed by atoms with Crippen molar-refractivity contribution >= 4 is 15.9 Å². The van der Waals surface area contributed by atoms with Crippen molar-refractivity contribution in [3.8, 4) is 11.9 Å². The van der Waals surface area contributed by atoms with Gasteiger partial charge in [-0.05, 0) is 12.1 Å². The fraction of sp³-hybridized carbons (Fsp3) is 0. The van der Waals surface area contributed by atoms with E-state index in [1.165, 1.54) is 6.20 Å². The number of hydrogen-bond acceptors (Lipinski definition) is 3. The van der Waals surface area contributed by atoms with Crippen LogP contribution in [0.3, 0.4) is 0 Å². The van der Waals surface area contributed by atoms with Gasteiger partial charge in [0.2, 0.25) is 0 Å². The normalized spacial score (nSPS) is 9.71. The van der Waals surface area contributed by atoms with Crippen LogP contribution in [-0.4, -0.2) is 14.8 Å². The fourth-order valence-corrected chi connectivity index (χ4v) is 1.35. The Hall–Kier alpha value is -1.67. The van der Waals surface area contributed by atoms with Gasteiger partial charge in [0.15, 0.2) is 5.82 Å². The molecule has 0 fully saturated rings. The van der Waals surface area contributed by atoms with Crippen molar-refractivity contribution < 1.29 is 0 Å². The summed E-state index contributed by atoms with van der Waals surface area (Å²) in [5, 5.41) is 12.6. The molecule has 0 aliphatic rings. The third kappa shape index (κ3) is 1.65. The van der Waals surface area contributed by atoms with E-state index < -0.39 is 0 Å². The van der Waals surface area contributed by atoms with E-state index in [9.17, 15) is 0 Å². The molecular weight excluding hydrogens is 244 g/mol. The molecule has 0 radical (unpaired) electrons. The first-order chi connectivity index (χ1) is 6.79. The molecule has 0 atom stereocenters. The quantitative estimate of drug-likeness (QED) is 0.775. The van der Waals surface area contributed by atoms with Crippen LogP contribution >= 0.6 is 15.9 Å². The molecule has 0 amide bonds. The van der Waals surface area contributed by atoms with Gasteiger partial charge in [0, 0.05) is 10.7 Å². The first kappa shape index (κ1) is 8.91. The van der Waals surface area contributed by atoms with E-state index in [4.69, 9.17) is 5.26 Å². The lowest BCUT2D eigenvalue weighted by molar-refractivity contribution is 0.846. The van der Waals surface area contributed by atoms with Crippen molar-refractivity contribution in [3.05, 3.63) is 40.8 Å². The highest BCUT2D eigenvalue weighted by molar-refractivity contribution is 9.10. The third-order valence-electron chi connectivity index (χ3n) is 1.65. The highest BCUT2D eigenvalue weighted by Gasteiger charge is 2.01. The number of hydrogen-bond donors (Lipinski definition) is 0. The molecule has 0 unspecified atom stereocenters. The Morgan fingerprint density at radius 2 is 2.36 bits per heavy atom. The number of nitriles is 1. The molecule has 0 saturated heterocycles. The van der Waals surface area contributed by atoms with Crippen LogP contribution in [0.2, 0.25) is 0 Å². The second-order valence-electron chi connectivity index (χ2n) is 2.62. The van der Waals surface area contributed by atoms with E-state index in [1.807, 2.05) is 18.2 Å². The largest absolute Gasteiger partial charge is 0.237 e. The summed E-state index contributed by atoms with van der Waals surface area (Å²) in [7, 11) is 0. The van der Waals surface area contributed by atoms with Gasteiger partial charge in [-0.2, -0.15) is 10.4 Å². The average Bonchev–Trinajstić information content (AvgIpc) is 2.66. The van der Waals surface area contributed by atoms with Crippen molar-refractivity contribution in [2.24, 2.45) is 0 Å². The lowest BCUT2D eigenvalue weighted by atomic mass is 10.4. The second-order valence-corrected chi connectivity index (χ2v) is 3.53. The van der Waals surface area contributed by atoms with Crippen LogP contribution in [0.1, 0.15) is 5.56 Å². The summed E-state index contributed by atoms with van der Waals surface area (Å²) >= 11 is 3.34. The van der Waals surface area contributed by atoms with Crippen molar-refractivity contribution in [1.29, 1.82) is 5.26 Å². The van der Waals surface area contributed by atoms with Gasteiger partial charge in [0.25, 0.3) is 0 Å². The van der Waals surface area contributed by atoms with Crippen molar-refractivity contribution in [2.75, 3.05) is 0 Å². The van der Waals surface area contributed by atoms with Crippen LogP contribution in [0, 0.1) is 11.3 Å². The lowest BCUT2D eigenvalue weighted by Crippen LogP contribution is -1.96. The van der Waals surface area contributed by atoms with Crippen molar-refractivity contribution in [3.63, 3.8) is 0 Å². The van der Waals surface area contributed by atoms with E-state index in [1.54, 1.807) is 17.1 Å². The van der Waals surface area contributed by atoms with Crippen LogP contribution in [0.25, 0.3) is 5.82 Å². The maximum Gasteiger partial charge on any atom is 0.154 e. The zero-order chi connectivity index (χ0) is 9.97. The molecule has 68 valence electrons. The van der Waals surface area contributed by atoms with Crippen LogP contribution in [0.5, 0.6) is 0 Å². The number of halogens is 1. The zero-order valence-corrected chi connectivity index (χ0v) is 8.64. The van der Waals surface area contributed by atoms with Crippen LogP contribution < -0.4 is 0 Å². The molecule has 14 heavy (non-hydrogen) atoms. The molecule has 4 nitrogen and oxygen atoms in total. The van der Waals surface area contributed by atoms with Crippen molar-refractivity contribution in [1.82, 2.24) is 14.8 Å². The first-order valence-corrected chi connectivity index (χ1v) is 4.65. The van der Waals surface area contributed by atoms with E-state index in [0.29, 0.717) is 11.4 Å². The predicted molar refractivity (Wildman–Crippen MR) is 53.8 cm³/mol. The SMILES string of the molecule is N#Cc1cnn(-c2cc(Br)ccn2)c1. The van der Waals surface area contributed by atoms with Gasteiger partial charge in [-0.1, -0.05) is 15.9 Å². The second kappa shape index (κ2) is 3.60. The standard InChI is InChI=1S/C9H5BrN4/c10-8-1-2-12-9(3-8)14-6-7(4-11)5-13-14/h1-3,5-6H. The van der Waals surface area contributed by atoms with Gasteiger partial charge >= 0.3 is 0 Å². The van der Waals surface area contributed by atoms with Gasteiger partial charge in [-0.15, -0.1) is 0 Å². The van der Waals surface area contributed by atoms with E-state index in [-0.39, 0.29) is 0 Å². The fourth-order valence-electron chi connectivity index (χ4n) is 1.02. The Morgan fingerprint density at radius 3 is 3.00 bits per heavy atom. The number of pyridine rings is 1. The summed E-state index contributed by atoms with van der Waals surface area (Å²) in [6, 6.07) is 5.67. The topological polar surface area (TPSA) is 54.5 Å². The molecule has 2 aromatic heterocycles. The minimum absolute atomic E-state index is 0.520. The smallest absolute Gasteiger partial charge is 0.154 e. The Kier molecular flexibility index (Phi) is 2.29. The Bertz CT molecular complexity index is 498. The molecule has 0 saturated carbocycles. The van der Waals surface area contributed by atoms with Crippen molar-refractivity contribution in [2.45, 2.75) is 0 Å². The summed E-state index contributed by atoms with van der Waals surface area (Å²) < 4.78 is 2.49. The molecule has 2 aromatic rings. The predicted octanol–water partition coefficient (Wildman–Crippen LogP) is 1.90. The summed E-state index contributed by atoms with van der Waals surface area (Å²) in [6.45, 7) is 0. The third-order valence-corrected chi connectivity index (χ3v) is 2.15. The molecular formula is C9H5BrN4. The van der Waals surface area contributed by atoms with Gasteiger partial charge in [0.1, 0.15) is 6.07 Å². The average molecular weight is 249 g/mol. The summed E-state index contributed by atoms with van der Waals surface area (Å²) in [4.78, 5) is 4.12. The molecule has 2 heterocycles. The summed E-state index contributed by atoms with van der Waals surface area (Å²) in [5.74, 6) is 0.681. The molecule has 5 heteroatoms. The minimum Gasteiger partial charge on any atom is -0.237 e. The van der Waals surface area contributed by atoms with E-state index in [0.717, 1.165) is 4.47 Å². The molecule has 0 aliphatic heterocycles. The highest BCUT2D eigenvalue weighted by atomic mass is 79.9. The monoisotopic (exact) mass is 248 g/mol. The number of nitrogens with zero attached hydrogens (tertiary/aromatic N) is 4. The molecule has 0 bridgehead atoms. The Morgan fingerprint density at radius 1 is 1.50 bits per heavy atom. The zero-order valence-electron chi connectivity index (χ0n) is 7.05. The number of rotatable bonds is 1. The van der Waals surface area contributed by atoms with Gasteiger partial charge in [-0.25, -0.2) is 9.67 Å². The maximum absolute atomic E-state index is 8.62. The van der Waals surface area contributed by atoms with Crippen LogP contribution in [0.4, 0.5) is 0 Å². The lowest BCUT2D eigenvalue weighted by Gasteiger charge is -1.98. The van der Waals surface area contributed by atoms with E-state index >= 15 is 0 Å². The highest BCUT2D eigenvalue weighted by Crippen LogP contribution is 2.12. The van der Waals surface area contributed by atoms with Crippen LogP contribution in [0.15, 0.2) is 35.2 Å². The Balaban J connectivity index is 2.45. The Labute approximate surface area is 88.9 Å². The minimum atomic E-state index is 0.520. The summed E-state index contributed by atoms with van der Waals surface area (Å²) in [5.41, 5.74) is 0.520. The number of aromatic nitrogens is 3. The first-order valence-electron chi connectivity index (χ1n) is 3.86. The molecule has 0 N–H and O–H groups in total. The molecule has 0 spiro atoms. The molecule has 0 aromatic carbocycles. The van der Waals surface area contributed by atoms with Gasteiger partial charge < -0.3 is 0 Å². The van der Waals surface area contributed by atoms with Crippen LogP contribution in [-0.2, 0) is 0 Å². The van der Waals surface area contributed by atoms with Gasteiger partial charge in [0.05, 0.1) is 18.0 Å².